The number of halogens is 2. The van der Waals surface area contributed by atoms with Gasteiger partial charge in [0.25, 0.3) is 0 Å². The Kier molecular flexibility index (Phi) is 7.81. The van der Waals surface area contributed by atoms with E-state index in [1.807, 2.05) is 7.05 Å². The summed E-state index contributed by atoms with van der Waals surface area (Å²) < 4.78 is 39.4. The normalized spacial score (nSPS) is 37.5. The van der Waals surface area contributed by atoms with Crippen molar-refractivity contribution in [2.24, 2.45) is 17.8 Å². The second-order valence-corrected chi connectivity index (χ2v) is 11.4. The van der Waals surface area contributed by atoms with Gasteiger partial charge in [0.05, 0.1) is 17.0 Å². The summed E-state index contributed by atoms with van der Waals surface area (Å²) in [5, 5.41) is 2.66. The molecular formula is C19H34ClFN4O3S. The highest BCUT2D eigenvalue weighted by Crippen LogP contribution is 2.38. The molecule has 2 saturated carbocycles. The van der Waals surface area contributed by atoms with Gasteiger partial charge in [-0.15, -0.1) is 16.4 Å². The summed E-state index contributed by atoms with van der Waals surface area (Å²) in [4.78, 5) is 17.0. The molecule has 3 fully saturated rings. The van der Waals surface area contributed by atoms with Crippen molar-refractivity contribution in [2.45, 2.75) is 75.5 Å². The first-order valence-electron chi connectivity index (χ1n) is 10.7. The third kappa shape index (κ3) is 5.81. The summed E-state index contributed by atoms with van der Waals surface area (Å²) >= 11 is 6.25. The van der Waals surface area contributed by atoms with Crippen LogP contribution in [0.5, 0.6) is 0 Å². The summed E-state index contributed by atoms with van der Waals surface area (Å²) in [5.41, 5.74) is 2.26. The predicted molar refractivity (Wildman–Crippen MR) is 111 cm³/mol. The Balaban J connectivity index is 1.56. The number of hydrogen-bond acceptors (Lipinski definition) is 5. The molecule has 0 aromatic heterocycles. The highest BCUT2D eigenvalue weighted by Gasteiger charge is 2.46. The number of amides is 1. The minimum Gasteiger partial charge on any atom is -0.300 e. The monoisotopic (exact) mass is 452 g/mol. The highest BCUT2D eigenvalue weighted by atomic mass is 35.5. The van der Waals surface area contributed by atoms with Crippen LogP contribution in [0.3, 0.4) is 0 Å². The number of hydrogen-bond donors (Lipinski definition) is 3. The molecular weight excluding hydrogens is 419 g/mol. The van der Waals surface area contributed by atoms with Crippen molar-refractivity contribution >= 4 is 27.5 Å². The molecule has 0 bridgehead atoms. The van der Waals surface area contributed by atoms with E-state index in [9.17, 15) is 17.6 Å². The number of sulfonamides is 1. The van der Waals surface area contributed by atoms with Crippen LogP contribution in [0.25, 0.3) is 0 Å². The number of nitrogens with zero attached hydrogens (tertiary/aromatic N) is 1. The van der Waals surface area contributed by atoms with E-state index in [0.717, 1.165) is 38.8 Å². The van der Waals surface area contributed by atoms with Gasteiger partial charge < -0.3 is 0 Å². The Morgan fingerprint density at radius 3 is 2.55 bits per heavy atom. The van der Waals surface area contributed by atoms with E-state index in [4.69, 9.17) is 11.6 Å². The van der Waals surface area contributed by atoms with Crippen molar-refractivity contribution in [3.05, 3.63) is 0 Å². The Labute approximate surface area is 178 Å². The molecule has 1 saturated heterocycles. The van der Waals surface area contributed by atoms with Crippen LogP contribution in [0.2, 0.25) is 0 Å². The van der Waals surface area contributed by atoms with E-state index in [1.165, 1.54) is 0 Å². The number of hydrazine groups is 1. The number of rotatable bonds is 6. The second kappa shape index (κ2) is 9.77. The van der Waals surface area contributed by atoms with Gasteiger partial charge in [-0.2, -0.15) is 0 Å². The van der Waals surface area contributed by atoms with E-state index in [-0.39, 0.29) is 29.7 Å². The zero-order valence-corrected chi connectivity index (χ0v) is 18.8. The Bertz CT molecular complexity index is 676. The molecule has 168 valence electrons. The molecule has 3 N–H and O–H groups in total. The number of carbonyl (C=O) groups excluding carboxylic acids is 1. The van der Waals surface area contributed by atoms with Crippen LogP contribution in [-0.2, 0) is 14.8 Å². The van der Waals surface area contributed by atoms with Gasteiger partial charge in [-0.25, -0.2) is 12.8 Å². The smallest absolute Gasteiger partial charge is 0.241 e. The topological polar surface area (TPSA) is 90.5 Å². The van der Waals surface area contributed by atoms with Crippen LogP contribution >= 0.6 is 11.6 Å². The summed E-state index contributed by atoms with van der Waals surface area (Å²) in [6.45, 7) is 2.84. The number of carbonyl (C=O) groups is 1. The van der Waals surface area contributed by atoms with Crippen LogP contribution in [-0.4, -0.2) is 62.3 Å². The van der Waals surface area contributed by atoms with Gasteiger partial charge in [-0.3, -0.25) is 20.4 Å². The SMILES string of the molecule is CC1C(C2CC(Cl)C(F)C(C(=O)NNS(=O)(=O)CC3CCCCC3)C2)NCN1C. The van der Waals surface area contributed by atoms with Gasteiger partial charge in [-0.05, 0) is 51.5 Å². The molecule has 6 atom stereocenters. The molecule has 0 radical (unpaired) electrons. The third-order valence-electron chi connectivity index (χ3n) is 6.96. The van der Waals surface area contributed by atoms with Gasteiger partial charge >= 0.3 is 0 Å². The molecule has 1 amide bonds. The van der Waals surface area contributed by atoms with Crippen LogP contribution in [0.1, 0.15) is 51.9 Å². The van der Waals surface area contributed by atoms with Crippen molar-refractivity contribution in [1.82, 2.24) is 20.5 Å². The summed E-state index contributed by atoms with van der Waals surface area (Å²) in [7, 11) is -1.63. The Morgan fingerprint density at radius 2 is 1.93 bits per heavy atom. The average molecular weight is 453 g/mol. The molecule has 0 aromatic carbocycles. The fraction of sp³-hybridized carbons (Fsp3) is 0.947. The first-order chi connectivity index (χ1) is 13.7. The summed E-state index contributed by atoms with van der Waals surface area (Å²) in [6.07, 6.45) is 4.35. The van der Waals surface area contributed by atoms with Gasteiger partial charge in [0.15, 0.2) is 0 Å². The number of nitrogens with one attached hydrogen (secondary N) is 3. The molecule has 10 heteroatoms. The lowest BCUT2D eigenvalue weighted by atomic mass is 9.75. The molecule has 2 aliphatic carbocycles. The van der Waals surface area contributed by atoms with Crippen molar-refractivity contribution < 1.29 is 17.6 Å². The molecule has 6 unspecified atom stereocenters. The van der Waals surface area contributed by atoms with Crippen molar-refractivity contribution in [3.8, 4) is 0 Å². The number of likely N-dealkylation sites (N-methyl/N-ethyl adjacent to an activating group) is 1. The van der Waals surface area contributed by atoms with Crippen LogP contribution in [0.15, 0.2) is 0 Å². The molecule has 0 spiro atoms. The predicted octanol–water partition coefficient (Wildman–Crippen LogP) is 1.74. The maximum Gasteiger partial charge on any atom is 0.241 e. The minimum atomic E-state index is -3.65. The van der Waals surface area contributed by atoms with Crippen molar-refractivity contribution in [3.63, 3.8) is 0 Å². The van der Waals surface area contributed by atoms with Crippen molar-refractivity contribution in [1.29, 1.82) is 0 Å². The number of alkyl halides is 2. The molecule has 1 heterocycles. The fourth-order valence-electron chi connectivity index (χ4n) is 5.09. The molecule has 0 aromatic rings. The Hall–Kier alpha value is -0.480. The maximum atomic E-state index is 14.7. The summed E-state index contributed by atoms with van der Waals surface area (Å²) in [6, 6.07) is 0.393. The van der Waals surface area contributed by atoms with E-state index >= 15 is 0 Å². The fourth-order valence-corrected chi connectivity index (χ4v) is 6.79. The van der Waals surface area contributed by atoms with E-state index in [1.54, 1.807) is 0 Å². The quantitative estimate of drug-likeness (QED) is 0.422. The first kappa shape index (κ1) is 23.2. The summed E-state index contributed by atoms with van der Waals surface area (Å²) in [5.74, 6) is -1.44. The molecule has 1 aliphatic heterocycles. The zero-order chi connectivity index (χ0) is 21.2. The highest BCUT2D eigenvalue weighted by molar-refractivity contribution is 7.89. The third-order valence-corrected chi connectivity index (χ3v) is 8.70. The lowest BCUT2D eigenvalue weighted by Gasteiger charge is -2.38. The lowest BCUT2D eigenvalue weighted by Crippen LogP contribution is -2.53. The molecule has 7 nitrogen and oxygen atoms in total. The molecule has 3 aliphatic rings. The standard InChI is InChI=1S/C19H34ClFN4O3S/c1-12-18(22-11-25(12)2)14-8-15(17(21)16(20)9-14)19(26)23-24-29(27,28)10-13-6-4-3-5-7-13/h12-18,22,24H,3-11H2,1-2H3,(H,23,26). The van der Waals surface area contributed by atoms with Gasteiger partial charge in [0, 0.05) is 18.8 Å². The van der Waals surface area contributed by atoms with E-state index < -0.39 is 33.4 Å². The van der Waals surface area contributed by atoms with Gasteiger partial charge in [-0.1, -0.05) is 19.3 Å². The molecule has 3 rings (SSSR count). The second-order valence-electron chi connectivity index (χ2n) is 9.06. The van der Waals surface area contributed by atoms with Crippen LogP contribution in [0.4, 0.5) is 4.39 Å². The Morgan fingerprint density at radius 1 is 1.24 bits per heavy atom. The maximum absolute atomic E-state index is 14.7. The lowest BCUT2D eigenvalue weighted by molar-refractivity contribution is -0.129. The van der Waals surface area contributed by atoms with E-state index in [2.05, 4.69) is 27.4 Å². The zero-order valence-electron chi connectivity index (χ0n) is 17.2. The average Bonchev–Trinajstić information content (AvgIpc) is 3.01. The molecule has 29 heavy (non-hydrogen) atoms. The van der Waals surface area contributed by atoms with Gasteiger partial charge in [0.1, 0.15) is 6.17 Å². The largest absolute Gasteiger partial charge is 0.300 e. The van der Waals surface area contributed by atoms with E-state index in [0.29, 0.717) is 12.8 Å². The first-order valence-corrected chi connectivity index (χ1v) is 12.8. The minimum absolute atomic E-state index is 0.00635. The van der Waals surface area contributed by atoms with Crippen molar-refractivity contribution in [2.75, 3.05) is 19.5 Å². The van der Waals surface area contributed by atoms with Crippen LogP contribution < -0.4 is 15.6 Å². The van der Waals surface area contributed by atoms with Crippen LogP contribution in [0, 0.1) is 17.8 Å². The van der Waals surface area contributed by atoms with Gasteiger partial charge in [0.2, 0.25) is 15.9 Å².